The van der Waals surface area contributed by atoms with Crippen molar-refractivity contribution < 1.29 is 14.2 Å². The number of ether oxygens (including phenoxy) is 1. The van der Waals surface area contributed by atoms with Gasteiger partial charge in [-0.05, 0) is 43.7 Å². The first-order chi connectivity index (χ1) is 12.5. The molecule has 5 nitrogen and oxygen atoms in total. The van der Waals surface area contributed by atoms with Crippen molar-refractivity contribution in [1.29, 1.82) is 0 Å². The molecule has 1 aromatic carbocycles. The van der Waals surface area contributed by atoms with Crippen LogP contribution in [-0.4, -0.2) is 30.8 Å². The van der Waals surface area contributed by atoms with Gasteiger partial charge in [0.05, 0.1) is 17.5 Å². The number of guanidine groups is 1. The highest BCUT2D eigenvalue weighted by Crippen LogP contribution is 2.26. The van der Waals surface area contributed by atoms with E-state index >= 15 is 0 Å². The van der Waals surface area contributed by atoms with Gasteiger partial charge in [0.1, 0.15) is 6.10 Å². The Labute approximate surface area is 161 Å². The molecule has 26 heavy (non-hydrogen) atoms. The summed E-state index contributed by atoms with van der Waals surface area (Å²) in [6.45, 7) is 5.44. The Morgan fingerprint density at radius 2 is 2.12 bits per heavy atom. The van der Waals surface area contributed by atoms with Crippen molar-refractivity contribution >= 4 is 28.9 Å². The van der Waals surface area contributed by atoms with Crippen LogP contribution in [0, 0.1) is 5.82 Å². The number of nitrogens with one attached hydrogen (secondary N) is 2. The molecule has 0 aliphatic heterocycles. The van der Waals surface area contributed by atoms with Crippen LogP contribution in [-0.2, 0) is 6.54 Å². The van der Waals surface area contributed by atoms with Crippen molar-refractivity contribution in [1.82, 2.24) is 10.6 Å². The van der Waals surface area contributed by atoms with E-state index in [4.69, 9.17) is 16.3 Å². The summed E-state index contributed by atoms with van der Waals surface area (Å²) in [7, 11) is 0. The van der Waals surface area contributed by atoms with Gasteiger partial charge < -0.3 is 20.5 Å². The molecule has 0 spiro atoms. The van der Waals surface area contributed by atoms with Gasteiger partial charge in [-0.1, -0.05) is 17.7 Å². The molecular formula is C18H23ClFN3O2S. The summed E-state index contributed by atoms with van der Waals surface area (Å²) in [4.78, 5) is 5.21. The molecule has 0 aliphatic rings. The zero-order valence-electron chi connectivity index (χ0n) is 14.8. The molecule has 3 N–H and O–H groups in total. The Balaban J connectivity index is 1.96. The van der Waals surface area contributed by atoms with E-state index < -0.39 is 11.9 Å². The number of thiophene rings is 1. The highest BCUT2D eigenvalue weighted by Gasteiger charge is 2.11. The van der Waals surface area contributed by atoms with E-state index in [2.05, 4.69) is 15.6 Å². The van der Waals surface area contributed by atoms with Gasteiger partial charge in [-0.3, -0.25) is 0 Å². The number of hydrogen-bond donors (Lipinski definition) is 3. The van der Waals surface area contributed by atoms with Gasteiger partial charge in [-0.15, -0.1) is 11.3 Å². The highest BCUT2D eigenvalue weighted by atomic mass is 35.5. The zero-order chi connectivity index (χ0) is 18.9. The second-order valence-electron chi connectivity index (χ2n) is 5.43. The number of rotatable bonds is 8. The van der Waals surface area contributed by atoms with Gasteiger partial charge in [0.25, 0.3) is 0 Å². The van der Waals surface area contributed by atoms with Crippen molar-refractivity contribution in [2.24, 2.45) is 4.99 Å². The van der Waals surface area contributed by atoms with E-state index in [0.717, 1.165) is 10.4 Å². The van der Waals surface area contributed by atoms with E-state index in [1.165, 1.54) is 17.4 Å². The number of aliphatic imine (C=N–C) groups is 1. The summed E-state index contributed by atoms with van der Waals surface area (Å²) < 4.78 is 19.7. The third-order valence-electron chi connectivity index (χ3n) is 3.45. The van der Waals surface area contributed by atoms with E-state index in [1.807, 2.05) is 13.8 Å². The van der Waals surface area contributed by atoms with Crippen LogP contribution in [0.25, 0.3) is 0 Å². The van der Waals surface area contributed by atoms with Crippen LogP contribution >= 0.6 is 22.9 Å². The molecule has 2 aromatic rings. The van der Waals surface area contributed by atoms with E-state index in [1.54, 1.807) is 24.3 Å². The Bertz CT molecular complexity index is 739. The molecule has 1 aromatic heterocycles. The third kappa shape index (κ3) is 6.16. The molecule has 8 heteroatoms. The largest absolute Gasteiger partial charge is 0.491 e. The van der Waals surface area contributed by atoms with Gasteiger partial charge in [0.15, 0.2) is 17.5 Å². The van der Waals surface area contributed by atoms with Crippen LogP contribution in [0.5, 0.6) is 5.75 Å². The minimum Gasteiger partial charge on any atom is -0.491 e. The van der Waals surface area contributed by atoms with E-state index in [9.17, 15) is 9.50 Å². The van der Waals surface area contributed by atoms with E-state index in [-0.39, 0.29) is 5.75 Å². The minimum absolute atomic E-state index is 0.239. The first-order valence-electron chi connectivity index (χ1n) is 8.40. The van der Waals surface area contributed by atoms with Crippen LogP contribution < -0.4 is 15.4 Å². The van der Waals surface area contributed by atoms with Crippen molar-refractivity contribution in [3.05, 3.63) is 50.9 Å². The first-order valence-corrected chi connectivity index (χ1v) is 9.59. The summed E-state index contributed by atoms with van der Waals surface area (Å²) in [5.41, 5.74) is 0.730. The highest BCUT2D eigenvalue weighted by molar-refractivity contribution is 7.16. The molecule has 1 unspecified atom stereocenters. The molecule has 0 aliphatic carbocycles. The normalized spacial score (nSPS) is 12.7. The summed E-state index contributed by atoms with van der Waals surface area (Å²) in [5.74, 6) is 0.383. The van der Waals surface area contributed by atoms with Gasteiger partial charge >= 0.3 is 0 Å². The maximum absolute atomic E-state index is 13.9. The Kier molecular flexibility index (Phi) is 8.15. The number of hydrogen-bond acceptors (Lipinski definition) is 4. The monoisotopic (exact) mass is 399 g/mol. The molecular weight excluding hydrogens is 377 g/mol. The maximum Gasteiger partial charge on any atom is 0.191 e. The summed E-state index contributed by atoms with van der Waals surface area (Å²) >= 11 is 7.23. The second-order valence-corrected chi connectivity index (χ2v) is 7.18. The molecule has 0 fully saturated rings. The molecule has 0 saturated carbocycles. The number of nitrogens with zero attached hydrogens (tertiary/aromatic N) is 1. The van der Waals surface area contributed by atoms with Gasteiger partial charge in [0.2, 0.25) is 0 Å². The summed E-state index contributed by atoms with van der Waals surface area (Å²) in [5, 5.41) is 16.4. The second kappa shape index (κ2) is 10.4. The number of aliphatic hydroxyl groups excluding tert-OH is 1. The summed E-state index contributed by atoms with van der Waals surface area (Å²) in [6.07, 6.45) is -0.681. The SMILES string of the molecule is CCNC(=NCc1ccc(OCC)c(F)c1)NCC(O)c1ccc(Cl)s1. The Morgan fingerprint density at radius 3 is 2.73 bits per heavy atom. The third-order valence-corrected chi connectivity index (χ3v) is 4.78. The molecule has 0 radical (unpaired) electrons. The van der Waals surface area contributed by atoms with Crippen LogP contribution in [0.15, 0.2) is 35.3 Å². The lowest BCUT2D eigenvalue weighted by Gasteiger charge is -2.14. The number of aliphatic hydroxyl groups is 1. The fraction of sp³-hybridized carbons (Fsp3) is 0.389. The predicted octanol–water partition coefficient (Wildman–Crippen LogP) is 3.73. The first kappa shape index (κ1) is 20.5. The maximum atomic E-state index is 13.9. The molecule has 0 amide bonds. The van der Waals surface area contributed by atoms with Crippen molar-refractivity contribution in [2.75, 3.05) is 19.7 Å². The van der Waals surface area contributed by atoms with Gasteiger partial charge in [0, 0.05) is 18.0 Å². The lowest BCUT2D eigenvalue weighted by atomic mass is 10.2. The Morgan fingerprint density at radius 1 is 1.31 bits per heavy atom. The molecule has 2 rings (SSSR count). The van der Waals surface area contributed by atoms with Crippen molar-refractivity contribution in [3.8, 4) is 5.75 Å². The van der Waals surface area contributed by atoms with Crippen LogP contribution in [0.2, 0.25) is 4.34 Å². The molecule has 0 bridgehead atoms. The number of halogens is 2. The smallest absolute Gasteiger partial charge is 0.191 e. The fourth-order valence-electron chi connectivity index (χ4n) is 2.23. The van der Waals surface area contributed by atoms with Crippen LogP contribution in [0.4, 0.5) is 4.39 Å². The molecule has 0 saturated heterocycles. The van der Waals surface area contributed by atoms with E-state index in [0.29, 0.717) is 36.5 Å². The lowest BCUT2D eigenvalue weighted by Crippen LogP contribution is -2.39. The molecule has 1 heterocycles. The van der Waals surface area contributed by atoms with Crippen molar-refractivity contribution in [2.45, 2.75) is 26.5 Å². The average Bonchev–Trinajstić information content (AvgIpc) is 3.06. The van der Waals surface area contributed by atoms with Gasteiger partial charge in [-0.25, -0.2) is 9.38 Å². The Hall–Kier alpha value is -1.83. The number of benzene rings is 1. The minimum atomic E-state index is -0.681. The predicted molar refractivity (Wildman–Crippen MR) is 105 cm³/mol. The molecule has 1 atom stereocenters. The fourth-order valence-corrected chi connectivity index (χ4v) is 3.28. The van der Waals surface area contributed by atoms with Crippen LogP contribution in [0.1, 0.15) is 30.4 Å². The summed E-state index contributed by atoms with van der Waals surface area (Å²) in [6, 6.07) is 8.36. The molecule has 142 valence electrons. The van der Waals surface area contributed by atoms with Gasteiger partial charge in [-0.2, -0.15) is 0 Å². The average molecular weight is 400 g/mol. The van der Waals surface area contributed by atoms with Crippen molar-refractivity contribution in [3.63, 3.8) is 0 Å². The quantitative estimate of drug-likeness (QED) is 0.467. The van der Waals surface area contributed by atoms with Crippen LogP contribution in [0.3, 0.4) is 0 Å². The zero-order valence-corrected chi connectivity index (χ0v) is 16.3. The standard InChI is InChI=1S/C18H23ClFN3O2S/c1-3-21-18(23-11-14(24)16-7-8-17(19)26-16)22-10-12-5-6-15(25-4-2)13(20)9-12/h5-9,14,24H,3-4,10-11H2,1-2H3,(H2,21,22,23). The lowest BCUT2D eigenvalue weighted by molar-refractivity contribution is 0.184. The topological polar surface area (TPSA) is 65.9 Å².